The van der Waals surface area contributed by atoms with Crippen LogP contribution in [0.2, 0.25) is 0 Å². The largest absolute Gasteiger partial charge is 0.381 e. The topological polar surface area (TPSA) is 75.9 Å². The fourth-order valence-electron chi connectivity index (χ4n) is 4.47. The van der Waals surface area contributed by atoms with E-state index in [0.717, 1.165) is 37.1 Å². The van der Waals surface area contributed by atoms with Gasteiger partial charge < -0.3 is 19.4 Å². The van der Waals surface area contributed by atoms with Crippen molar-refractivity contribution in [2.24, 2.45) is 5.92 Å². The molecule has 0 spiro atoms. The zero-order chi connectivity index (χ0) is 21.2. The van der Waals surface area contributed by atoms with E-state index in [1.165, 1.54) is 5.56 Å². The Bertz CT molecular complexity index is 1090. The molecule has 1 aromatic carbocycles. The standard InChI is InChI=1S/C24H26N4O3/c29-23(26-14-17-5-9-27-11-8-25-22(27)13-17)19-3-1-18(2-4-19)20-6-10-28(15-20)24(30)21-7-12-31-16-21/h1-5,8-9,11,13,20-21H,6-7,10,12,14-16H2,(H,26,29)/t20?,21-/m0/s1. The van der Waals surface area contributed by atoms with E-state index in [2.05, 4.69) is 10.3 Å². The van der Waals surface area contributed by atoms with Crippen LogP contribution in [0.4, 0.5) is 0 Å². The monoisotopic (exact) mass is 418 g/mol. The number of hydrogen-bond acceptors (Lipinski definition) is 4. The summed E-state index contributed by atoms with van der Waals surface area (Å²) < 4.78 is 7.29. The van der Waals surface area contributed by atoms with E-state index in [0.29, 0.717) is 31.2 Å². The molecule has 1 N–H and O–H groups in total. The summed E-state index contributed by atoms with van der Waals surface area (Å²) in [6.45, 7) is 3.24. The van der Waals surface area contributed by atoms with Gasteiger partial charge in [-0.2, -0.15) is 0 Å². The van der Waals surface area contributed by atoms with Crippen LogP contribution in [0.25, 0.3) is 5.65 Å². The van der Waals surface area contributed by atoms with Gasteiger partial charge in [-0.15, -0.1) is 0 Å². The molecule has 2 saturated heterocycles. The lowest BCUT2D eigenvalue weighted by atomic mass is 9.97. The number of benzene rings is 1. The highest BCUT2D eigenvalue weighted by Gasteiger charge is 2.33. The highest BCUT2D eigenvalue weighted by molar-refractivity contribution is 5.94. The summed E-state index contributed by atoms with van der Waals surface area (Å²) in [4.78, 5) is 31.4. The van der Waals surface area contributed by atoms with E-state index in [-0.39, 0.29) is 17.7 Å². The Labute approximate surface area is 181 Å². The molecule has 2 aliphatic heterocycles. The van der Waals surface area contributed by atoms with Crippen molar-refractivity contribution in [2.45, 2.75) is 25.3 Å². The first-order valence-electron chi connectivity index (χ1n) is 10.8. The number of pyridine rings is 1. The normalized spacial score (nSPS) is 21.0. The second kappa shape index (κ2) is 8.51. The fraction of sp³-hybridized carbons (Fsp3) is 0.375. The van der Waals surface area contributed by atoms with Gasteiger partial charge in [0, 0.05) is 56.3 Å². The number of carbonyl (C=O) groups excluding carboxylic acids is 2. The van der Waals surface area contributed by atoms with Crippen molar-refractivity contribution in [2.75, 3.05) is 26.3 Å². The zero-order valence-electron chi connectivity index (χ0n) is 17.4. The fourth-order valence-corrected chi connectivity index (χ4v) is 4.47. The molecule has 5 rings (SSSR count). The molecular weight excluding hydrogens is 392 g/mol. The third-order valence-corrected chi connectivity index (χ3v) is 6.34. The van der Waals surface area contributed by atoms with E-state index in [1.54, 1.807) is 6.20 Å². The molecule has 2 atom stereocenters. The van der Waals surface area contributed by atoms with Gasteiger partial charge in [0.05, 0.1) is 12.5 Å². The molecule has 31 heavy (non-hydrogen) atoms. The Morgan fingerprint density at radius 1 is 1.13 bits per heavy atom. The van der Waals surface area contributed by atoms with Crippen LogP contribution in [0, 0.1) is 5.92 Å². The Morgan fingerprint density at radius 3 is 2.81 bits per heavy atom. The predicted octanol–water partition coefficient (Wildman–Crippen LogP) is 2.62. The summed E-state index contributed by atoms with van der Waals surface area (Å²) in [5, 5.41) is 2.97. The number of likely N-dealkylation sites (tertiary alicyclic amines) is 1. The molecule has 2 fully saturated rings. The minimum Gasteiger partial charge on any atom is -0.381 e. The van der Waals surface area contributed by atoms with Gasteiger partial charge in [0.25, 0.3) is 5.91 Å². The Hall–Kier alpha value is -3.19. The molecule has 0 bridgehead atoms. The van der Waals surface area contributed by atoms with Gasteiger partial charge in [0.15, 0.2) is 0 Å². The quantitative estimate of drug-likeness (QED) is 0.691. The van der Waals surface area contributed by atoms with Crippen molar-refractivity contribution in [3.8, 4) is 0 Å². The molecule has 0 saturated carbocycles. The van der Waals surface area contributed by atoms with Crippen molar-refractivity contribution in [1.29, 1.82) is 0 Å². The van der Waals surface area contributed by atoms with Crippen LogP contribution < -0.4 is 5.32 Å². The molecule has 1 unspecified atom stereocenters. The third kappa shape index (κ3) is 4.18. The van der Waals surface area contributed by atoms with Crippen molar-refractivity contribution in [3.63, 3.8) is 0 Å². The molecule has 2 aliphatic rings. The number of aromatic nitrogens is 2. The van der Waals surface area contributed by atoms with Crippen molar-refractivity contribution in [1.82, 2.24) is 19.6 Å². The van der Waals surface area contributed by atoms with Crippen LogP contribution in [0.3, 0.4) is 0 Å². The lowest BCUT2D eigenvalue weighted by Gasteiger charge is -2.20. The van der Waals surface area contributed by atoms with E-state index in [1.807, 2.05) is 58.1 Å². The molecule has 2 aromatic heterocycles. The first-order chi connectivity index (χ1) is 15.2. The number of carbonyl (C=O) groups is 2. The van der Waals surface area contributed by atoms with Crippen molar-refractivity contribution >= 4 is 17.5 Å². The lowest BCUT2D eigenvalue weighted by Crippen LogP contribution is -2.34. The van der Waals surface area contributed by atoms with Crippen LogP contribution in [0.5, 0.6) is 0 Å². The molecule has 4 heterocycles. The molecule has 7 heteroatoms. The van der Waals surface area contributed by atoms with E-state index in [4.69, 9.17) is 4.74 Å². The molecule has 2 amide bonds. The van der Waals surface area contributed by atoms with Crippen LogP contribution >= 0.6 is 0 Å². The number of hydrogen-bond donors (Lipinski definition) is 1. The summed E-state index contributed by atoms with van der Waals surface area (Å²) in [5.74, 6) is 0.479. The smallest absolute Gasteiger partial charge is 0.251 e. The van der Waals surface area contributed by atoms with Gasteiger partial charge in [-0.1, -0.05) is 12.1 Å². The first-order valence-corrected chi connectivity index (χ1v) is 10.8. The van der Waals surface area contributed by atoms with Crippen LogP contribution in [0.15, 0.2) is 55.0 Å². The van der Waals surface area contributed by atoms with E-state index < -0.39 is 0 Å². The molecule has 160 valence electrons. The highest BCUT2D eigenvalue weighted by Crippen LogP contribution is 2.29. The van der Waals surface area contributed by atoms with Crippen LogP contribution in [0.1, 0.15) is 40.2 Å². The lowest BCUT2D eigenvalue weighted by molar-refractivity contribution is -0.134. The summed E-state index contributed by atoms with van der Waals surface area (Å²) in [5.41, 5.74) is 3.69. The molecule has 3 aromatic rings. The second-order valence-electron chi connectivity index (χ2n) is 8.36. The summed E-state index contributed by atoms with van der Waals surface area (Å²) >= 11 is 0. The van der Waals surface area contributed by atoms with Gasteiger partial charge in [0.1, 0.15) is 5.65 Å². The minimum absolute atomic E-state index is 0.0269. The predicted molar refractivity (Wildman–Crippen MR) is 116 cm³/mol. The number of fused-ring (bicyclic) bond motifs is 1. The van der Waals surface area contributed by atoms with Gasteiger partial charge in [-0.05, 0) is 48.2 Å². The minimum atomic E-state index is -0.0979. The average molecular weight is 418 g/mol. The number of amides is 2. The SMILES string of the molecule is O=C(NCc1ccn2ccnc2c1)c1ccc(C2CCN(C(=O)[C@H]3CCOC3)C2)cc1. The number of nitrogens with zero attached hydrogens (tertiary/aromatic N) is 3. The maximum Gasteiger partial charge on any atom is 0.251 e. The molecule has 0 aliphatic carbocycles. The maximum atomic E-state index is 12.6. The van der Waals surface area contributed by atoms with Crippen molar-refractivity contribution in [3.05, 3.63) is 71.7 Å². The average Bonchev–Trinajstić information content (AvgIpc) is 3.58. The summed E-state index contributed by atoms with van der Waals surface area (Å²) in [6.07, 6.45) is 7.37. The van der Waals surface area contributed by atoms with Gasteiger partial charge in [0.2, 0.25) is 5.91 Å². The Kier molecular flexibility index (Phi) is 5.42. The Morgan fingerprint density at radius 2 is 2.00 bits per heavy atom. The van der Waals surface area contributed by atoms with Gasteiger partial charge >= 0.3 is 0 Å². The summed E-state index contributed by atoms with van der Waals surface area (Å²) in [6, 6.07) is 11.7. The number of nitrogens with one attached hydrogen (secondary N) is 1. The Balaban J connectivity index is 1.16. The summed E-state index contributed by atoms with van der Waals surface area (Å²) in [7, 11) is 0. The first kappa shape index (κ1) is 19.8. The van der Waals surface area contributed by atoms with Crippen molar-refractivity contribution < 1.29 is 14.3 Å². The highest BCUT2D eigenvalue weighted by atomic mass is 16.5. The van der Waals surface area contributed by atoms with Crippen LogP contribution in [-0.2, 0) is 16.1 Å². The van der Waals surface area contributed by atoms with E-state index in [9.17, 15) is 9.59 Å². The third-order valence-electron chi connectivity index (χ3n) is 6.34. The zero-order valence-corrected chi connectivity index (χ0v) is 17.4. The van der Waals surface area contributed by atoms with Gasteiger partial charge in [-0.25, -0.2) is 4.98 Å². The van der Waals surface area contributed by atoms with E-state index >= 15 is 0 Å². The van der Waals surface area contributed by atoms with Crippen LogP contribution in [-0.4, -0.2) is 52.4 Å². The number of rotatable bonds is 5. The maximum absolute atomic E-state index is 12.6. The number of imidazole rings is 1. The van der Waals surface area contributed by atoms with Gasteiger partial charge in [-0.3, -0.25) is 9.59 Å². The molecule has 7 nitrogen and oxygen atoms in total. The number of ether oxygens (including phenoxy) is 1. The second-order valence-corrected chi connectivity index (χ2v) is 8.36. The molecule has 0 radical (unpaired) electrons. The molecular formula is C24H26N4O3.